The van der Waals surface area contributed by atoms with Crippen molar-refractivity contribution in [3.8, 4) is 0 Å². The Labute approximate surface area is 102 Å². The fourth-order valence-corrected chi connectivity index (χ4v) is 2.70. The van der Waals surface area contributed by atoms with Crippen LogP contribution in [0.3, 0.4) is 0 Å². The summed E-state index contributed by atoms with van der Waals surface area (Å²) in [5.74, 6) is 0. The summed E-state index contributed by atoms with van der Waals surface area (Å²) >= 11 is 1.78. The molecule has 0 saturated carbocycles. The van der Waals surface area contributed by atoms with Crippen LogP contribution in [0.2, 0.25) is 0 Å². The van der Waals surface area contributed by atoms with E-state index in [-0.39, 0.29) is 5.41 Å². The predicted octanol–water partition coefficient (Wildman–Crippen LogP) is 2.59. The summed E-state index contributed by atoms with van der Waals surface area (Å²) in [4.78, 5) is 2.59. The second-order valence-corrected chi connectivity index (χ2v) is 6.64. The maximum atomic E-state index is 10.6. The molecule has 2 nitrogen and oxygen atoms in total. The van der Waals surface area contributed by atoms with Crippen LogP contribution in [0.15, 0.2) is 12.1 Å². The first-order chi connectivity index (χ1) is 7.32. The minimum Gasteiger partial charge on any atom is -0.388 e. The maximum absolute atomic E-state index is 10.6. The third-order valence-electron chi connectivity index (χ3n) is 3.27. The van der Waals surface area contributed by atoms with Crippen molar-refractivity contribution in [2.75, 3.05) is 6.54 Å². The molecule has 0 radical (unpaired) electrons. The molecule has 1 unspecified atom stereocenters. The average molecular weight is 241 g/mol. The van der Waals surface area contributed by atoms with E-state index in [0.29, 0.717) is 13.0 Å². The first-order valence-corrected chi connectivity index (χ1v) is 6.64. The number of rotatable bonds is 4. The fraction of sp³-hybridized carbons (Fsp3) is 0.692. The molecule has 1 atom stereocenters. The summed E-state index contributed by atoms with van der Waals surface area (Å²) in [7, 11) is 0. The van der Waals surface area contributed by atoms with Crippen molar-refractivity contribution < 1.29 is 5.11 Å². The third kappa shape index (κ3) is 2.84. The van der Waals surface area contributed by atoms with Crippen molar-refractivity contribution in [1.29, 1.82) is 0 Å². The molecule has 0 fully saturated rings. The minimum atomic E-state index is -0.817. The molecule has 92 valence electrons. The maximum Gasteiger partial charge on any atom is 0.0865 e. The van der Waals surface area contributed by atoms with E-state index in [1.807, 2.05) is 20.8 Å². The highest BCUT2D eigenvalue weighted by atomic mass is 32.1. The predicted molar refractivity (Wildman–Crippen MR) is 70.9 cm³/mol. The highest BCUT2D eigenvalue weighted by Crippen LogP contribution is 2.34. The summed E-state index contributed by atoms with van der Waals surface area (Å²) in [6.07, 6.45) is 1.71. The minimum absolute atomic E-state index is 0.196. The van der Waals surface area contributed by atoms with Gasteiger partial charge in [0.2, 0.25) is 0 Å². The molecule has 0 amide bonds. The van der Waals surface area contributed by atoms with Gasteiger partial charge < -0.3 is 10.8 Å². The van der Waals surface area contributed by atoms with Crippen LogP contribution >= 0.6 is 11.3 Å². The van der Waals surface area contributed by atoms with Crippen LogP contribution in [-0.4, -0.2) is 17.3 Å². The Balaban J connectivity index is 2.85. The molecule has 1 rings (SSSR count). The molecule has 1 heterocycles. The van der Waals surface area contributed by atoms with Gasteiger partial charge in [-0.25, -0.2) is 0 Å². The Morgan fingerprint density at radius 2 is 1.81 bits per heavy atom. The summed E-state index contributed by atoms with van der Waals surface area (Å²) in [5.41, 5.74) is 4.72. The van der Waals surface area contributed by atoms with Crippen molar-refractivity contribution in [3.05, 3.63) is 21.9 Å². The van der Waals surface area contributed by atoms with Crippen LogP contribution in [0.4, 0.5) is 0 Å². The Kier molecular flexibility index (Phi) is 4.16. The lowest BCUT2D eigenvalue weighted by atomic mass is 9.74. The average Bonchev–Trinajstić information content (AvgIpc) is 2.63. The van der Waals surface area contributed by atoms with Crippen LogP contribution in [0, 0.1) is 5.41 Å². The Morgan fingerprint density at radius 3 is 2.19 bits per heavy atom. The lowest BCUT2D eigenvalue weighted by Gasteiger charge is -2.39. The highest BCUT2D eigenvalue weighted by Gasteiger charge is 2.39. The van der Waals surface area contributed by atoms with E-state index < -0.39 is 5.60 Å². The van der Waals surface area contributed by atoms with Crippen molar-refractivity contribution in [1.82, 2.24) is 0 Å². The largest absolute Gasteiger partial charge is 0.388 e. The van der Waals surface area contributed by atoms with Gasteiger partial charge in [-0.2, -0.15) is 0 Å². The van der Waals surface area contributed by atoms with Gasteiger partial charge in [-0.15, -0.1) is 11.3 Å². The highest BCUT2D eigenvalue weighted by molar-refractivity contribution is 7.12. The third-order valence-corrected chi connectivity index (χ3v) is 4.50. The summed E-state index contributed by atoms with van der Waals surface area (Å²) < 4.78 is 0. The van der Waals surface area contributed by atoms with Crippen LogP contribution < -0.4 is 5.73 Å². The number of thiophene rings is 1. The molecule has 0 spiro atoms. The molecule has 0 aliphatic heterocycles. The molecule has 0 bridgehead atoms. The molecule has 1 aromatic heterocycles. The molecule has 3 heteroatoms. The van der Waals surface area contributed by atoms with E-state index in [1.54, 1.807) is 11.3 Å². The van der Waals surface area contributed by atoms with Gasteiger partial charge in [-0.1, -0.05) is 27.7 Å². The topological polar surface area (TPSA) is 46.2 Å². The van der Waals surface area contributed by atoms with Gasteiger partial charge in [0.25, 0.3) is 0 Å². The second-order valence-electron chi connectivity index (χ2n) is 5.38. The van der Waals surface area contributed by atoms with Gasteiger partial charge in [0.05, 0.1) is 5.60 Å². The molecular weight excluding hydrogens is 218 g/mol. The van der Waals surface area contributed by atoms with Crippen LogP contribution in [-0.2, 0) is 12.8 Å². The van der Waals surface area contributed by atoms with Gasteiger partial charge >= 0.3 is 0 Å². The van der Waals surface area contributed by atoms with E-state index in [9.17, 15) is 5.11 Å². The number of aryl methyl sites for hydroxylation is 1. The van der Waals surface area contributed by atoms with Gasteiger partial charge in [0, 0.05) is 22.7 Å². The molecule has 1 aromatic rings. The first kappa shape index (κ1) is 13.7. The van der Waals surface area contributed by atoms with E-state index in [0.717, 1.165) is 6.42 Å². The van der Waals surface area contributed by atoms with Gasteiger partial charge in [-0.05, 0) is 24.0 Å². The Hall–Kier alpha value is -0.380. The monoisotopic (exact) mass is 241 g/mol. The summed E-state index contributed by atoms with van der Waals surface area (Å²) in [6, 6.07) is 4.25. The zero-order chi connectivity index (χ0) is 12.4. The number of nitrogens with two attached hydrogens (primary N) is 1. The molecule has 16 heavy (non-hydrogen) atoms. The lowest BCUT2D eigenvalue weighted by Crippen LogP contribution is -2.50. The quantitative estimate of drug-likeness (QED) is 0.851. The standard InChI is InChI=1S/C13H23NOS/c1-5-10-6-7-11(16-10)8-13(15,9-14)12(2,3)4/h6-7,15H,5,8-9,14H2,1-4H3. The van der Waals surface area contributed by atoms with Crippen LogP contribution in [0.5, 0.6) is 0 Å². The lowest BCUT2D eigenvalue weighted by molar-refractivity contribution is -0.0484. The SMILES string of the molecule is CCc1ccc(CC(O)(CN)C(C)(C)C)s1. The van der Waals surface area contributed by atoms with Crippen molar-refractivity contribution in [2.45, 2.75) is 46.1 Å². The smallest absolute Gasteiger partial charge is 0.0865 e. The van der Waals surface area contributed by atoms with Gasteiger partial charge in [0.1, 0.15) is 0 Å². The second kappa shape index (κ2) is 4.86. The van der Waals surface area contributed by atoms with Crippen molar-refractivity contribution in [2.24, 2.45) is 11.1 Å². The molecule has 0 aliphatic carbocycles. The Morgan fingerprint density at radius 1 is 1.25 bits per heavy atom. The van der Waals surface area contributed by atoms with Crippen molar-refractivity contribution in [3.63, 3.8) is 0 Å². The number of hydrogen-bond acceptors (Lipinski definition) is 3. The summed E-state index contributed by atoms with van der Waals surface area (Å²) in [6.45, 7) is 8.56. The van der Waals surface area contributed by atoms with Gasteiger partial charge in [-0.3, -0.25) is 0 Å². The van der Waals surface area contributed by atoms with Gasteiger partial charge in [0.15, 0.2) is 0 Å². The van der Waals surface area contributed by atoms with E-state index in [2.05, 4.69) is 19.1 Å². The number of aliphatic hydroxyl groups is 1. The molecular formula is C13H23NOS. The fourth-order valence-electron chi connectivity index (χ4n) is 1.64. The van der Waals surface area contributed by atoms with E-state index in [1.165, 1.54) is 9.75 Å². The first-order valence-electron chi connectivity index (χ1n) is 5.82. The molecule has 0 aliphatic rings. The molecule has 3 N–H and O–H groups in total. The van der Waals surface area contributed by atoms with Crippen LogP contribution in [0.1, 0.15) is 37.4 Å². The molecule has 0 saturated heterocycles. The zero-order valence-electron chi connectivity index (χ0n) is 10.7. The van der Waals surface area contributed by atoms with E-state index in [4.69, 9.17) is 5.73 Å². The van der Waals surface area contributed by atoms with Crippen molar-refractivity contribution >= 4 is 11.3 Å². The Bertz CT molecular complexity index is 340. The van der Waals surface area contributed by atoms with Crippen LogP contribution in [0.25, 0.3) is 0 Å². The molecule has 0 aromatic carbocycles. The normalized spacial score (nSPS) is 16.1. The van der Waals surface area contributed by atoms with E-state index >= 15 is 0 Å². The zero-order valence-corrected chi connectivity index (χ0v) is 11.5. The number of hydrogen-bond donors (Lipinski definition) is 2. The summed E-state index contributed by atoms with van der Waals surface area (Å²) in [5, 5.41) is 10.6.